The maximum absolute atomic E-state index is 11.2. The van der Waals surface area contributed by atoms with Crippen molar-refractivity contribution in [2.45, 2.75) is 18.1 Å². The number of rotatable bonds is 2. The molecule has 1 aliphatic rings. The van der Waals surface area contributed by atoms with Gasteiger partial charge in [-0.15, -0.1) is 0 Å². The lowest BCUT2D eigenvalue weighted by molar-refractivity contribution is -0.150. The van der Waals surface area contributed by atoms with E-state index in [2.05, 4.69) is 10.1 Å². The first-order valence-corrected chi connectivity index (χ1v) is 3.75. The molecule has 3 N–H and O–H groups in total. The zero-order chi connectivity index (χ0) is 10.1. The van der Waals surface area contributed by atoms with Gasteiger partial charge in [0.1, 0.15) is 6.10 Å². The molecule has 0 bridgehead atoms. The topological polar surface area (TPSA) is 95.9 Å². The third-order valence-electron chi connectivity index (χ3n) is 2.05. The Bertz CT molecular complexity index is 241. The van der Waals surface area contributed by atoms with Crippen LogP contribution >= 0.6 is 0 Å². The lowest BCUT2D eigenvalue weighted by Gasteiger charge is -2.22. The van der Waals surface area contributed by atoms with Gasteiger partial charge in [0.2, 0.25) is 5.91 Å². The summed E-state index contributed by atoms with van der Waals surface area (Å²) in [7, 11) is 1.15. The van der Waals surface area contributed by atoms with Crippen LogP contribution < -0.4 is 5.32 Å². The van der Waals surface area contributed by atoms with Crippen LogP contribution in [0.15, 0.2) is 0 Å². The number of ether oxygens (including phenoxy) is 1. The van der Waals surface area contributed by atoms with Crippen LogP contribution in [0.5, 0.6) is 0 Å². The van der Waals surface area contributed by atoms with E-state index in [0.717, 1.165) is 7.11 Å². The molecule has 0 aromatic heterocycles. The number of esters is 1. The predicted octanol–water partition coefficient (Wildman–Crippen LogP) is -2.23. The Morgan fingerprint density at radius 2 is 2.46 bits per heavy atom. The second-order valence-corrected chi connectivity index (χ2v) is 2.94. The molecule has 13 heavy (non-hydrogen) atoms. The summed E-state index contributed by atoms with van der Waals surface area (Å²) in [5, 5.41) is 20.2. The van der Waals surface area contributed by atoms with E-state index in [9.17, 15) is 9.59 Å². The highest BCUT2D eigenvalue weighted by atomic mass is 16.5. The molecule has 6 heteroatoms. The summed E-state index contributed by atoms with van der Waals surface area (Å²) < 4.78 is 4.40. The minimum atomic E-state index is -1.47. The molecule has 1 fully saturated rings. The van der Waals surface area contributed by atoms with Gasteiger partial charge >= 0.3 is 5.97 Å². The quantitative estimate of drug-likeness (QED) is 0.427. The number of hydrogen-bond acceptors (Lipinski definition) is 5. The molecule has 0 aromatic carbocycles. The molecule has 1 saturated heterocycles. The van der Waals surface area contributed by atoms with Crippen molar-refractivity contribution in [2.75, 3.05) is 13.7 Å². The zero-order valence-corrected chi connectivity index (χ0v) is 7.11. The maximum Gasteiger partial charge on any atom is 0.334 e. The number of methoxy groups -OCH3 is 1. The van der Waals surface area contributed by atoms with Gasteiger partial charge in [0.05, 0.1) is 13.7 Å². The highest BCUT2D eigenvalue weighted by Gasteiger charge is 2.49. The van der Waals surface area contributed by atoms with Gasteiger partial charge in [0.15, 0.2) is 5.54 Å². The molecule has 1 rings (SSSR count). The van der Waals surface area contributed by atoms with Crippen molar-refractivity contribution in [1.82, 2.24) is 5.32 Å². The van der Waals surface area contributed by atoms with Crippen LogP contribution in [0, 0.1) is 0 Å². The SMILES string of the molecule is COC(=O)[C@@]1(CO)C[C@H](O)C(=O)N1. The fourth-order valence-electron chi connectivity index (χ4n) is 1.29. The molecular weight excluding hydrogens is 178 g/mol. The molecule has 0 radical (unpaired) electrons. The van der Waals surface area contributed by atoms with Crippen LogP contribution in [0.4, 0.5) is 0 Å². The van der Waals surface area contributed by atoms with E-state index in [0.29, 0.717) is 0 Å². The first kappa shape index (κ1) is 9.94. The Morgan fingerprint density at radius 3 is 2.77 bits per heavy atom. The predicted molar refractivity (Wildman–Crippen MR) is 40.6 cm³/mol. The average Bonchev–Trinajstić information content (AvgIpc) is 2.42. The van der Waals surface area contributed by atoms with Crippen molar-refractivity contribution >= 4 is 11.9 Å². The monoisotopic (exact) mass is 189 g/mol. The molecule has 1 heterocycles. The molecule has 0 spiro atoms. The van der Waals surface area contributed by atoms with Crippen LogP contribution in [0.3, 0.4) is 0 Å². The zero-order valence-electron chi connectivity index (χ0n) is 7.11. The second-order valence-electron chi connectivity index (χ2n) is 2.94. The molecule has 0 aliphatic carbocycles. The van der Waals surface area contributed by atoms with Gasteiger partial charge < -0.3 is 20.3 Å². The molecule has 0 saturated carbocycles. The fraction of sp³-hybridized carbons (Fsp3) is 0.714. The first-order chi connectivity index (χ1) is 6.05. The minimum Gasteiger partial charge on any atom is -0.467 e. The molecular formula is C7H11NO5. The summed E-state index contributed by atoms with van der Waals surface area (Å²) in [5.41, 5.74) is -1.47. The van der Waals surface area contributed by atoms with E-state index in [1.165, 1.54) is 0 Å². The molecule has 6 nitrogen and oxygen atoms in total. The largest absolute Gasteiger partial charge is 0.467 e. The summed E-state index contributed by atoms with van der Waals surface area (Å²) in [4.78, 5) is 22.0. The van der Waals surface area contributed by atoms with Crippen LogP contribution in [0.2, 0.25) is 0 Å². The lowest BCUT2D eigenvalue weighted by Crippen LogP contribution is -2.52. The standard InChI is InChI=1S/C7H11NO5/c1-13-6(12)7(3-9)2-4(10)5(11)8-7/h4,9-10H,2-3H2,1H3,(H,8,11)/t4-,7-/m0/s1. The third-order valence-corrected chi connectivity index (χ3v) is 2.05. The van der Waals surface area contributed by atoms with Gasteiger partial charge in [-0.1, -0.05) is 0 Å². The van der Waals surface area contributed by atoms with Gasteiger partial charge in [-0.25, -0.2) is 4.79 Å². The van der Waals surface area contributed by atoms with Crippen LogP contribution in [-0.2, 0) is 14.3 Å². The number of aliphatic hydroxyl groups is 2. The number of carbonyl (C=O) groups excluding carboxylic acids is 2. The van der Waals surface area contributed by atoms with E-state index in [1.54, 1.807) is 0 Å². The molecule has 0 unspecified atom stereocenters. The Labute approximate surface area is 74.5 Å². The second kappa shape index (κ2) is 3.31. The Morgan fingerprint density at radius 1 is 1.85 bits per heavy atom. The van der Waals surface area contributed by atoms with Gasteiger partial charge in [0.25, 0.3) is 0 Å². The summed E-state index contributed by atoms with van der Waals surface area (Å²) in [6, 6.07) is 0. The van der Waals surface area contributed by atoms with Crippen molar-refractivity contribution < 1.29 is 24.5 Å². The molecule has 2 atom stereocenters. The lowest BCUT2D eigenvalue weighted by atomic mass is 9.98. The summed E-state index contributed by atoms with van der Waals surface area (Å²) in [6.07, 6.45) is -1.42. The summed E-state index contributed by atoms with van der Waals surface area (Å²) >= 11 is 0. The summed E-state index contributed by atoms with van der Waals surface area (Å²) in [5.74, 6) is -1.42. The summed E-state index contributed by atoms with van der Waals surface area (Å²) in [6.45, 7) is -0.581. The normalized spacial score (nSPS) is 32.8. The molecule has 1 aliphatic heterocycles. The molecule has 74 valence electrons. The Hall–Kier alpha value is -1.14. The van der Waals surface area contributed by atoms with Crippen LogP contribution in [0.1, 0.15) is 6.42 Å². The maximum atomic E-state index is 11.2. The number of aliphatic hydroxyl groups excluding tert-OH is 2. The highest BCUT2D eigenvalue weighted by Crippen LogP contribution is 2.21. The van der Waals surface area contributed by atoms with Crippen molar-refractivity contribution in [3.05, 3.63) is 0 Å². The van der Waals surface area contributed by atoms with Crippen molar-refractivity contribution in [1.29, 1.82) is 0 Å². The Balaban J connectivity index is 2.85. The van der Waals surface area contributed by atoms with Gasteiger partial charge in [-0.05, 0) is 0 Å². The highest BCUT2D eigenvalue weighted by molar-refractivity contribution is 5.94. The van der Waals surface area contributed by atoms with Crippen molar-refractivity contribution in [3.8, 4) is 0 Å². The molecule has 0 aromatic rings. The average molecular weight is 189 g/mol. The van der Waals surface area contributed by atoms with Gasteiger partial charge in [0, 0.05) is 6.42 Å². The van der Waals surface area contributed by atoms with Crippen molar-refractivity contribution in [2.24, 2.45) is 0 Å². The van der Waals surface area contributed by atoms with E-state index in [1.807, 2.05) is 0 Å². The van der Waals surface area contributed by atoms with Crippen LogP contribution in [-0.4, -0.2) is 47.4 Å². The van der Waals surface area contributed by atoms with Crippen molar-refractivity contribution in [3.63, 3.8) is 0 Å². The van der Waals surface area contributed by atoms with E-state index < -0.39 is 30.1 Å². The third kappa shape index (κ3) is 1.50. The van der Waals surface area contributed by atoms with E-state index in [4.69, 9.17) is 10.2 Å². The molecule has 1 amide bonds. The van der Waals surface area contributed by atoms with Gasteiger partial charge in [-0.3, -0.25) is 4.79 Å². The van der Waals surface area contributed by atoms with E-state index in [-0.39, 0.29) is 6.42 Å². The Kier molecular flexibility index (Phi) is 2.53. The smallest absolute Gasteiger partial charge is 0.334 e. The van der Waals surface area contributed by atoms with E-state index >= 15 is 0 Å². The number of amides is 1. The number of carbonyl (C=O) groups is 2. The number of nitrogens with one attached hydrogen (secondary N) is 1. The minimum absolute atomic E-state index is 0.158. The fourth-order valence-corrected chi connectivity index (χ4v) is 1.29. The first-order valence-electron chi connectivity index (χ1n) is 3.75. The van der Waals surface area contributed by atoms with Gasteiger partial charge in [-0.2, -0.15) is 0 Å². The number of hydrogen-bond donors (Lipinski definition) is 3. The van der Waals surface area contributed by atoms with Crippen LogP contribution in [0.25, 0.3) is 0 Å².